The summed E-state index contributed by atoms with van der Waals surface area (Å²) < 4.78 is 5.59. The fourth-order valence-corrected chi connectivity index (χ4v) is 2.48. The second kappa shape index (κ2) is 6.68. The van der Waals surface area contributed by atoms with E-state index in [0.717, 1.165) is 38.1 Å². The second-order valence-corrected chi connectivity index (χ2v) is 4.87. The molecule has 19 heavy (non-hydrogen) atoms. The van der Waals surface area contributed by atoms with Crippen LogP contribution in [-0.4, -0.2) is 36.6 Å². The van der Waals surface area contributed by atoms with Gasteiger partial charge in [0.05, 0.1) is 6.10 Å². The number of nitrogens with two attached hydrogens (primary N) is 1. The third kappa shape index (κ3) is 3.55. The van der Waals surface area contributed by atoms with Crippen molar-refractivity contribution in [1.82, 2.24) is 4.90 Å². The van der Waals surface area contributed by atoms with E-state index < -0.39 is 6.04 Å². The van der Waals surface area contributed by atoms with Crippen molar-refractivity contribution in [3.8, 4) is 0 Å². The second-order valence-electron chi connectivity index (χ2n) is 4.87. The molecule has 1 atom stereocenters. The molecule has 1 aliphatic rings. The van der Waals surface area contributed by atoms with E-state index in [4.69, 9.17) is 10.5 Å². The van der Waals surface area contributed by atoms with Gasteiger partial charge in [0.15, 0.2) is 0 Å². The molecule has 2 rings (SSSR count). The van der Waals surface area contributed by atoms with Gasteiger partial charge < -0.3 is 15.4 Å². The minimum absolute atomic E-state index is 0.0150. The summed E-state index contributed by atoms with van der Waals surface area (Å²) in [6, 6.07) is 8.98. The normalized spacial score (nSPS) is 18.3. The Bertz CT molecular complexity index is 400. The van der Waals surface area contributed by atoms with Crippen LogP contribution in [0.4, 0.5) is 0 Å². The molecule has 1 amide bonds. The molecule has 1 fully saturated rings. The van der Waals surface area contributed by atoms with Crippen molar-refractivity contribution in [2.75, 3.05) is 19.7 Å². The largest absolute Gasteiger partial charge is 0.378 e. The molecule has 0 radical (unpaired) electrons. The van der Waals surface area contributed by atoms with E-state index in [1.54, 1.807) is 0 Å². The van der Waals surface area contributed by atoms with Gasteiger partial charge >= 0.3 is 0 Å². The molecule has 0 aliphatic carbocycles. The van der Waals surface area contributed by atoms with Crippen molar-refractivity contribution in [3.05, 3.63) is 35.9 Å². The Hall–Kier alpha value is -1.39. The SMILES string of the molecule is CCOC1CCN(C(=O)[C@@H](N)c2ccccc2)CC1. The minimum Gasteiger partial charge on any atom is -0.378 e. The van der Waals surface area contributed by atoms with E-state index in [9.17, 15) is 4.79 Å². The number of carbonyl (C=O) groups excluding carboxylic acids is 1. The molecule has 1 aliphatic heterocycles. The highest BCUT2D eigenvalue weighted by Crippen LogP contribution is 2.18. The monoisotopic (exact) mass is 262 g/mol. The Morgan fingerprint density at radius 1 is 1.37 bits per heavy atom. The molecule has 1 heterocycles. The van der Waals surface area contributed by atoms with Crippen LogP contribution < -0.4 is 5.73 Å². The first-order valence-electron chi connectivity index (χ1n) is 6.93. The molecule has 104 valence electrons. The lowest BCUT2D eigenvalue weighted by Gasteiger charge is -2.33. The van der Waals surface area contributed by atoms with Gasteiger partial charge in [-0.1, -0.05) is 30.3 Å². The smallest absolute Gasteiger partial charge is 0.244 e. The number of hydrogen-bond donors (Lipinski definition) is 1. The molecule has 1 aromatic carbocycles. The van der Waals surface area contributed by atoms with Gasteiger partial charge in [0.1, 0.15) is 6.04 Å². The minimum atomic E-state index is -0.551. The van der Waals surface area contributed by atoms with Gasteiger partial charge in [-0.15, -0.1) is 0 Å². The number of piperidine rings is 1. The van der Waals surface area contributed by atoms with Gasteiger partial charge in [0, 0.05) is 19.7 Å². The lowest BCUT2D eigenvalue weighted by atomic mass is 10.0. The van der Waals surface area contributed by atoms with Gasteiger partial charge in [0.2, 0.25) is 5.91 Å². The molecule has 4 heteroatoms. The molecule has 4 nitrogen and oxygen atoms in total. The summed E-state index contributed by atoms with van der Waals surface area (Å²) in [5.41, 5.74) is 6.91. The van der Waals surface area contributed by atoms with E-state index in [-0.39, 0.29) is 5.91 Å². The molecule has 2 N–H and O–H groups in total. The molecule has 0 unspecified atom stereocenters. The van der Waals surface area contributed by atoms with Crippen LogP contribution in [0.2, 0.25) is 0 Å². The van der Waals surface area contributed by atoms with Gasteiger partial charge in [-0.3, -0.25) is 4.79 Å². The van der Waals surface area contributed by atoms with Gasteiger partial charge in [-0.2, -0.15) is 0 Å². The predicted molar refractivity (Wildman–Crippen MR) is 74.6 cm³/mol. The van der Waals surface area contributed by atoms with Crippen LogP contribution in [0.3, 0.4) is 0 Å². The average molecular weight is 262 g/mol. The van der Waals surface area contributed by atoms with Crippen LogP contribution >= 0.6 is 0 Å². The fraction of sp³-hybridized carbons (Fsp3) is 0.533. The third-order valence-corrected chi connectivity index (χ3v) is 3.58. The summed E-state index contributed by atoms with van der Waals surface area (Å²) in [4.78, 5) is 14.2. The quantitative estimate of drug-likeness (QED) is 0.898. The summed E-state index contributed by atoms with van der Waals surface area (Å²) >= 11 is 0. The van der Waals surface area contributed by atoms with Crippen molar-refractivity contribution < 1.29 is 9.53 Å². The van der Waals surface area contributed by atoms with Crippen LogP contribution in [0.25, 0.3) is 0 Å². The summed E-state index contributed by atoms with van der Waals surface area (Å²) in [5, 5.41) is 0. The zero-order chi connectivity index (χ0) is 13.7. The Labute approximate surface area is 114 Å². The van der Waals surface area contributed by atoms with E-state index in [2.05, 4.69) is 0 Å². The standard InChI is InChI=1S/C15H22N2O2/c1-2-19-13-8-10-17(11-9-13)15(18)14(16)12-6-4-3-5-7-12/h3-7,13-14H,2,8-11,16H2,1H3/t14-/m0/s1. The highest BCUT2D eigenvalue weighted by molar-refractivity contribution is 5.83. The van der Waals surface area contributed by atoms with Crippen LogP contribution in [-0.2, 0) is 9.53 Å². The summed E-state index contributed by atoms with van der Waals surface area (Å²) in [7, 11) is 0. The number of likely N-dealkylation sites (tertiary alicyclic amines) is 1. The number of benzene rings is 1. The number of amides is 1. The molecule has 1 saturated heterocycles. The molecule has 0 spiro atoms. The van der Waals surface area contributed by atoms with Crippen LogP contribution in [0.1, 0.15) is 31.4 Å². The van der Waals surface area contributed by atoms with Crippen LogP contribution in [0, 0.1) is 0 Å². The summed E-state index contributed by atoms with van der Waals surface area (Å²) in [5.74, 6) is 0.0150. The highest BCUT2D eigenvalue weighted by Gasteiger charge is 2.27. The number of rotatable bonds is 4. The van der Waals surface area contributed by atoms with Crippen molar-refractivity contribution in [1.29, 1.82) is 0 Å². The Balaban J connectivity index is 1.91. The van der Waals surface area contributed by atoms with Crippen LogP contribution in [0.5, 0.6) is 0 Å². The van der Waals surface area contributed by atoms with Gasteiger partial charge in [-0.05, 0) is 25.3 Å². The lowest BCUT2D eigenvalue weighted by molar-refractivity contribution is -0.135. The molecule has 1 aromatic rings. The predicted octanol–water partition coefficient (Wildman–Crippen LogP) is 1.71. The third-order valence-electron chi connectivity index (χ3n) is 3.58. The maximum Gasteiger partial charge on any atom is 0.244 e. The number of ether oxygens (including phenoxy) is 1. The Morgan fingerprint density at radius 3 is 2.58 bits per heavy atom. The highest BCUT2D eigenvalue weighted by atomic mass is 16.5. The van der Waals surface area contributed by atoms with E-state index in [0.29, 0.717) is 6.10 Å². The van der Waals surface area contributed by atoms with Gasteiger partial charge in [-0.25, -0.2) is 0 Å². The van der Waals surface area contributed by atoms with Crippen molar-refractivity contribution >= 4 is 5.91 Å². The topological polar surface area (TPSA) is 55.6 Å². The first kappa shape index (κ1) is 14.0. The maximum atomic E-state index is 12.3. The number of hydrogen-bond acceptors (Lipinski definition) is 3. The van der Waals surface area contributed by atoms with Crippen molar-refractivity contribution in [3.63, 3.8) is 0 Å². The van der Waals surface area contributed by atoms with Gasteiger partial charge in [0.25, 0.3) is 0 Å². The molecule has 0 saturated carbocycles. The average Bonchev–Trinajstić information content (AvgIpc) is 2.48. The molecular formula is C15H22N2O2. The number of nitrogens with zero attached hydrogens (tertiary/aromatic N) is 1. The molecule has 0 aromatic heterocycles. The zero-order valence-corrected chi connectivity index (χ0v) is 11.4. The van der Waals surface area contributed by atoms with Crippen molar-refractivity contribution in [2.24, 2.45) is 5.73 Å². The zero-order valence-electron chi connectivity index (χ0n) is 11.4. The summed E-state index contributed by atoms with van der Waals surface area (Å²) in [6.45, 7) is 4.22. The Morgan fingerprint density at radius 2 is 2.00 bits per heavy atom. The summed E-state index contributed by atoms with van der Waals surface area (Å²) in [6.07, 6.45) is 2.10. The maximum absolute atomic E-state index is 12.3. The molecular weight excluding hydrogens is 240 g/mol. The van der Waals surface area contributed by atoms with E-state index >= 15 is 0 Å². The molecule has 0 bridgehead atoms. The van der Waals surface area contributed by atoms with Crippen LogP contribution in [0.15, 0.2) is 30.3 Å². The van der Waals surface area contributed by atoms with Crippen molar-refractivity contribution in [2.45, 2.75) is 31.9 Å². The number of carbonyl (C=O) groups is 1. The lowest BCUT2D eigenvalue weighted by Crippen LogP contribution is -2.44. The fourth-order valence-electron chi connectivity index (χ4n) is 2.48. The van der Waals surface area contributed by atoms with E-state index in [1.807, 2.05) is 42.2 Å². The van der Waals surface area contributed by atoms with E-state index in [1.165, 1.54) is 0 Å². The first-order valence-corrected chi connectivity index (χ1v) is 6.93. The Kier molecular flexibility index (Phi) is 4.93. The first-order chi connectivity index (χ1) is 9.22.